The molecule has 1 unspecified atom stereocenters. The first-order valence-corrected chi connectivity index (χ1v) is 6.91. The maximum atomic E-state index is 8.78. The Kier molecular flexibility index (Phi) is 16.9. The fourth-order valence-corrected chi connectivity index (χ4v) is 1.65. The molecular weight excluding hydrogens is 341 g/mol. The minimum absolute atomic E-state index is 0. The Labute approximate surface area is 129 Å². The molecule has 0 bridgehead atoms. The van der Waals surface area contributed by atoms with Crippen LogP contribution in [0.3, 0.4) is 0 Å². The Morgan fingerprint density at radius 2 is 1.94 bits per heavy atom. The molecule has 0 heterocycles. The predicted molar refractivity (Wildman–Crippen MR) is 89.8 cm³/mol. The van der Waals surface area contributed by atoms with Crippen molar-refractivity contribution in [3.05, 3.63) is 0 Å². The van der Waals surface area contributed by atoms with E-state index in [4.69, 9.17) is 5.11 Å². The van der Waals surface area contributed by atoms with Crippen molar-refractivity contribution in [3.8, 4) is 0 Å². The zero-order chi connectivity index (χ0) is 12.9. The number of halogens is 1. The summed E-state index contributed by atoms with van der Waals surface area (Å²) >= 11 is 0. The van der Waals surface area contributed by atoms with Gasteiger partial charge in [0.05, 0.1) is 6.61 Å². The van der Waals surface area contributed by atoms with E-state index in [-0.39, 0.29) is 30.6 Å². The summed E-state index contributed by atoms with van der Waals surface area (Å²) in [5, 5.41) is 15.1. The Bertz CT molecular complexity index is 201. The zero-order valence-electron chi connectivity index (χ0n) is 12.0. The number of nitrogens with one attached hydrogen (secondary N) is 2. The lowest BCUT2D eigenvalue weighted by Crippen LogP contribution is -2.39. The van der Waals surface area contributed by atoms with E-state index in [2.05, 4.69) is 29.5 Å². The smallest absolute Gasteiger partial charge is 0.191 e. The van der Waals surface area contributed by atoms with E-state index in [1.54, 1.807) is 0 Å². The number of guanidine groups is 1. The average Bonchev–Trinajstić information content (AvgIpc) is 2.35. The normalized spacial score (nSPS) is 12.8. The molecule has 0 aromatic heterocycles. The van der Waals surface area contributed by atoms with Gasteiger partial charge in [0, 0.05) is 19.6 Å². The highest BCUT2D eigenvalue weighted by Crippen LogP contribution is 2.12. The lowest BCUT2D eigenvalue weighted by molar-refractivity contribution is 0.300. The van der Waals surface area contributed by atoms with Gasteiger partial charge in [0.1, 0.15) is 0 Å². The number of hydrogen-bond acceptors (Lipinski definition) is 2. The van der Waals surface area contributed by atoms with Crippen molar-refractivity contribution >= 4 is 29.9 Å². The van der Waals surface area contributed by atoms with Gasteiger partial charge in [0.2, 0.25) is 0 Å². The van der Waals surface area contributed by atoms with Gasteiger partial charge in [-0.2, -0.15) is 0 Å². The van der Waals surface area contributed by atoms with Crippen LogP contribution in [0, 0.1) is 5.92 Å². The summed E-state index contributed by atoms with van der Waals surface area (Å²) in [6.07, 6.45) is 4.98. The SMILES string of the molecule is CCCCC(CC)CN=C(NCC)NCCO.I. The average molecular weight is 371 g/mol. The van der Waals surface area contributed by atoms with Gasteiger partial charge in [-0.05, 0) is 19.3 Å². The maximum absolute atomic E-state index is 8.78. The minimum Gasteiger partial charge on any atom is -0.395 e. The Morgan fingerprint density at radius 1 is 1.22 bits per heavy atom. The molecule has 3 N–H and O–H groups in total. The topological polar surface area (TPSA) is 56.7 Å². The van der Waals surface area contributed by atoms with Gasteiger partial charge in [0.15, 0.2) is 5.96 Å². The fraction of sp³-hybridized carbons (Fsp3) is 0.923. The van der Waals surface area contributed by atoms with E-state index in [1.165, 1.54) is 25.7 Å². The maximum Gasteiger partial charge on any atom is 0.191 e. The zero-order valence-corrected chi connectivity index (χ0v) is 14.4. The molecule has 0 fully saturated rings. The number of rotatable bonds is 9. The molecule has 0 spiro atoms. The van der Waals surface area contributed by atoms with Gasteiger partial charge >= 0.3 is 0 Å². The first-order valence-electron chi connectivity index (χ1n) is 6.91. The molecule has 0 radical (unpaired) electrons. The third-order valence-corrected chi connectivity index (χ3v) is 2.80. The van der Waals surface area contributed by atoms with Crippen molar-refractivity contribution in [1.82, 2.24) is 10.6 Å². The molecule has 0 aliphatic rings. The molecule has 0 aromatic rings. The molecule has 0 amide bonds. The summed E-state index contributed by atoms with van der Waals surface area (Å²) in [5.74, 6) is 1.50. The lowest BCUT2D eigenvalue weighted by Gasteiger charge is -2.14. The summed E-state index contributed by atoms with van der Waals surface area (Å²) in [6, 6.07) is 0. The van der Waals surface area contributed by atoms with E-state index in [9.17, 15) is 0 Å². The summed E-state index contributed by atoms with van der Waals surface area (Å²) < 4.78 is 0. The summed E-state index contributed by atoms with van der Waals surface area (Å²) in [6.45, 7) is 8.91. The molecule has 4 nitrogen and oxygen atoms in total. The van der Waals surface area contributed by atoms with Crippen molar-refractivity contribution in [3.63, 3.8) is 0 Å². The number of hydrogen-bond donors (Lipinski definition) is 3. The van der Waals surface area contributed by atoms with Crippen molar-refractivity contribution in [2.75, 3.05) is 26.2 Å². The van der Waals surface area contributed by atoms with Gasteiger partial charge in [-0.25, -0.2) is 0 Å². The molecule has 1 atom stereocenters. The third kappa shape index (κ3) is 11.1. The third-order valence-electron chi connectivity index (χ3n) is 2.80. The Hall–Kier alpha value is -0.0400. The first kappa shape index (κ1) is 20.3. The van der Waals surface area contributed by atoms with Gasteiger partial charge in [0.25, 0.3) is 0 Å². The van der Waals surface area contributed by atoms with E-state index < -0.39 is 0 Å². The summed E-state index contributed by atoms with van der Waals surface area (Å²) in [5.41, 5.74) is 0. The monoisotopic (exact) mass is 371 g/mol. The second-order valence-corrected chi connectivity index (χ2v) is 4.29. The molecule has 18 heavy (non-hydrogen) atoms. The fourth-order valence-electron chi connectivity index (χ4n) is 1.65. The number of unbranched alkanes of at least 4 members (excludes halogenated alkanes) is 1. The van der Waals surface area contributed by atoms with Crippen molar-refractivity contribution < 1.29 is 5.11 Å². The quantitative estimate of drug-likeness (QED) is 0.331. The van der Waals surface area contributed by atoms with Crippen molar-refractivity contribution in [2.45, 2.75) is 46.5 Å². The van der Waals surface area contributed by atoms with Crippen LogP contribution in [-0.4, -0.2) is 37.3 Å². The number of aliphatic hydroxyl groups excluding tert-OH is 1. The number of nitrogens with zero attached hydrogens (tertiary/aromatic N) is 1. The van der Waals surface area contributed by atoms with Crippen molar-refractivity contribution in [1.29, 1.82) is 0 Å². The molecule has 0 saturated carbocycles. The van der Waals surface area contributed by atoms with Crippen LogP contribution >= 0.6 is 24.0 Å². The molecule has 5 heteroatoms. The standard InChI is InChI=1S/C13H29N3O.HI/c1-4-7-8-12(5-2)11-16-13(14-6-3)15-9-10-17;/h12,17H,4-11H2,1-3H3,(H2,14,15,16);1H. The van der Waals surface area contributed by atoms with E-state index in [0.717, 1.165) is 19.0 Å². The largest absolute Gasteiger partial charge is 0.395 e. The molecular formula is C13H30IN3O. The van der Waals surface area contributed by atoms with Crippen molar-refractivity contribution in [2.24, 2.45) is 10.9 Å². The van der Waals surface area contributed by atoms with E-state index in [0.29, 0.717) is 12.5 Å². The molecule has 0 saturated heterocycles. The molecule has 0 aromatic carbocycles. The highest BCUT2D eigenvalue weighted by atomic mass is 127. The first-order chi connectivity index (χ1) is 8.28. The van der Waals surface area contributed by atoms with Crippen LogP contribution in [0.25, 0.3) is 0 Å². The van der Waals surface area contributed by atoms with Crippen LogP contribution < -0.4 is 10.6 Å². The lowest BCUT2D eigenvalue weighted by atomic mass is 10.00. The molecule has 0 aliphatic carbocycles. The van der Waals surface area contributed by atoms with Gasteiger partial charge in [-0.15, -0.1) is 24.0 Å². The molecule has 0 aliphatic heterocycles. The van der Waals surface area contributed by atoms with Crippen LogP contribution in [0.4, 0.5) is 0 Å². The molecule has 0 rings (SSSR count). The Morgan fingerprint density at radius 3 is 2.44 bits per heavy atom. The number of aliphatic imine (C=N–C) groups is 1. The highest BCUT2D eigenvalue weighted by Gasteiger charge is 2.05. The molecule has 110 valence electrons. The van der Waals surface area contributed by atoms with Crippen LogP contribution in [0.1, 0.15) is 46.5 Å². The van der Waals surface area contributed by atoms with Crippen LogP contribution in [0.5, 0.6) is 0 Å². The predicted octanol–water partition coefficient (Wildman–Crippen LogP) is 2.37. The van der Waals surface area contributed by atoms with Gasteiger partial charge in [-0.1, -0.05) is 33.1 Å². The van der Waals surface area contributed by atoms with E-state index >= 15 is 0 Å². The second kappa shape index (κ2) is 15.0. The van der Waals surface area contributed by atoms with Gasteiger partial charge in [-0.3, -0.25) is 4.99 Å². The second-order valence-electron chi connectivity index (χ2n) is 4.29. The van der Waals surface area contributed by atoms with Crippen LogP contribution in [-0.2, 0) is 0 Å². The van der Waals surface area contributed by atoms with Gasteiger partial charge < -0.3 is 15.7 Å². The van der Waals surface area contributed by atoms with Crippen LogP contribution in [0.15, 0.2) is 4.99 Å². The minimum atomic E-state index is 0. The highest BCUT2D eigenvalue weighted by molar-refractivity contribution is 14.0. The Balaban J connectivity index is 0. The summed E-state index contributed by atoms with van der Waals surface area (Å²) in [4.78, 5) is 4.56. The summed E-state index contributed by atoms with van der Waals surface area (Å²) in [7, 11) is 0. The van der Waals surface area contributed by atoms with Crippen LogP contribution in [0.2, 0.25) is 0 Å². The number of aliphatic hydroxyl groups is 1. The van der Waals surface area contributed by atoms with E-state index in [1.807, 2.05) is 6.92 Å².